The van der Waals surface area contributed by atoms with Gasteiger partial charge < -0.3 is 5.73 Å². The number of nitrogens with two attached hydrogens (primary N) is 1. The molecular formula is C13H14FN3O. The van der Waals surface area contributed by atoms with Crippen LogP contribution in [0.2, 0.25) is 0 Å². The molecule has 0 aliphatic carbocycles. The van der Waals surface area contributed by atoms with Crippen molar-refractivity contribution in [3.8, 4) is 0 Å². The fourth-order valence-corrected chi connectivity index (χ4v) is 1.79. The number of carbonyl (C=O) groups is 1. The second-order valence-electron chi connectivity index (χ2n) is 4.24. The fraction of sp³-hybridized carbons (Fsp3) is 0.231. The second-order valence-corrected chi connectivity index (χ2v) is 4.24. The molecule has 94 valence electrons. The van der Waals surface area contributed by atoms with Gasteiger partial charge in [-0.1, -0.05) is 6.07 Å². The van der Waals surface area contributed by atoms with E-state index in [-0.39, 0.29) is 18.0 Å². The lowest BCUT2D eigenvalue weighted by Gasteiger charge is -2.05. The summed E-state index contributed by atoms with van der Waals surface area (Å²) >= 11 is 0. The Morgan fingerprint density at radius 1 is 1.50 bits per heavy atom. The highest BCUT2D eigenvalue weighted by Crippen LogP contribution is 2.16. The van der Waals surface area contributed by atoms with Gasteiger partial charge >= 0.3 is 0 Å². The summed E-state index contributed by atoms with van der Waals surface area (Å²) in [6, 6.07) is 4.38. The molecule has 0 aliphatic heterocycles. The molecule has 0 fully saturated rings. The highest BCUT2D eigenvalue weighted by atomic mass is 19.1. The van der Waals surface area contributed by atoms with Crippen LogP contribution < -0.4 is 5.73 Å². The maximum Gasteiger partial charge on any atom is 0.172 e. The molecule has 4 nitrogen and oxygen atoms in total. The van der Waals surface area contributed by atoms with Crippen molar-refractivity contribution in [2.45, 2.75) is 13.3 Å². The van der Waals surface area contributed by atoms with Crippen LogP contribution in [-0.4, -0.2) is 15.6 Å². The van der Waals surface area contributed by atoms with E-state index in [1.54, 1.807) is 20.0 Å². The van der Waals surface area contributed by atoms with E-state index >= 15 is 0 Å². The molecule has 1 aromatic heterocycles. The Kier molecular flexibility index (Phi) is 3.14. The average Bonchev–Trinajstić information content (AvgIpc) is 2.64. The monoisotopic (exact) mass is 247 g/mol. The van der Waals surface area contributed by atoms with E-state index in [0.717, 1.165) is 11.1 Å². The summed E-state index contributed by atoms with van der Waals surface area (Å²) < 4.78 is 14.4. The number of ketones is 1. The number of anilines is 1. The predicted molar refractivity (Wildman–Crippen MR) is 66.8 cm³/mol. The molecule has 0 radical (unpaired) electrons. The zero-order valence-electron chi connectivity index (χ0n) is 10.3. The van der Waals surface area contributed by atoms with Crippen molar-refractivity contribution < 1.29 is 9.18 Å². The average molecular weight is 247 g/mol. The molecule has 0 saturated heterocycles. The van der Waals surface area contributed by atoms with Crippen LogP contribution in [0.25, 0.3) is 0 Å². The first-order valence-electron chi connectivity index (χ1n) is 5.54. The van der Waals surface area contributed by atoms with Crippen LogP contribution in [0.4, 0.5) is 10.2 Å². The van der Waals surface area contributed by atoms with E-state index in [0.29, 0.717) is 11.4 Å². The number of aromatic nitrogens is 2. The number of halogens is 1. The number of rotatable bonds is 3. The molecule has 2 N–H and O–H groups in total. The number of Topliss-reactive ketones (excluding diaryl/α,β-unsaturated/α-hetero) is 1. The molecule has 0 bridgehead atoms. The van der Waals surface area contributed by atoms with Gasteiger partial charge in [-0.25, -0.2) is 4.39 Å². The SMILES string of the molecule is Cc1cc(F)ccc1CC(=O)c1cnn(C)c1N. The summed E-state index contributed by atoms with van der Waals surface area (Å²) in [4.78, 5) is 12.1. The van der Waals surface area contributed by atoms with Gasteiger partial charge in [-0.05, 0) is 30.2 Å². The van der Waals surface area contributed by atoms with Gasteiger partial charge in [0.25, 0.3) is 0 Å². The zero-order chi connectivity index (χ0) is 13.3. The molecule has 0 saturated carbocycles. The van der Waals surface area contributed by atoms with Gasteiger partial charge in [-0.2, -0.15) is 5.10 Å². The van der Waals surface area contributed by atoms with E-state index < -0.39 is 0 Å². The number of nitrogens with zero attached hydrogens (tertiary/aromatic N) is 2. The third-order valence-corrected chi connectivity index (χ3v) is 2.94. The minimum Gasteiger partial charge on any atom is -0.383 e. The van der Waals surface area contributed by atoms with Crippen LogP contribution >= 0.6 is 0 Å². The third kappa shape index (κ3) is 2.25. The molecule has 0 unspecified atom stereocenters. The number of aryl methyl sites for hydroxylation is 2. The van der Waals surface area contributed by atoms with Crippen molar-refractivity contribution in [2.24, 2.45) is 7.05 Å². The van der Waals surface area contributed by atoms with E-state index in [1.807, 2.05) is 0 Å². The van der Waals surface area contributed by atoms with Crippen LogP contribution in [0, 0.1) is 12.7 Å². The highest BCUT2D eigenvalue weighted by molar-refractivity contribution is 6.01. The van der Waals surface area contributed by atoms with E-state index in [1.165, 1.54) is 23.0 Å². The molecule has 2 rings (SSSR count). The summed E-state index contributed by atoms with van der Waals surface area (Å²) in [7, 11) is 1.68. The first-order chi connectivity index (χ1) is 8.49. The van der Waals surface area contributed by atoms with Crippen LogP contribution in [0.15, 0.2) is 24.4 Å². The molecule has 0 spiro atoms. The maximum absolute atomic E-state index is 13.0. The zero-order valence-corrected chi connectivity index (χ0v) is 10.3. The largest absolute Gasteiger partial charge is 0.383 e. The normalized spacial score (nSPS) is 10.6. The van der Waals surface area contributed by atoms with Gasteiger partial charge in [0, 0.05) is 13.5 Å². The first kappa shape index (κ1) is 12.3. The summed E-state index contributed by atoms with van der Waals surface area (Å²) in [5.41, 5.74) is 7.69. The molecule has 0 atom stereocenters. The van der Waals surface area contributed by atoms with Gasteiger partial charge in [0.1, 0.15) is 11.6 Å². The van der Waals surface area contributed by atoms with Gasteiger partial charge in [0.15, 0.2) is 5.78 Å². The summed E-state index contributed by atoms with van der Waals surface area (Å²) in [5.74, 6) is -0.0698. The van der Waals surface area contributed by atoms with Gasteiger partial charge in [0.05, 0.1) is 11.8 Å². The number of hydrogen-bond acceptors (Lipinski definition) is 3. The van der Waals surface area contributed by atoms with Crippen molar-refractivity contribution in [3.63, 3.8) is 0 Å². The highest BCUT2D eigenvalue weighted by Gasteiger charge is 2.15. The van der Waals surface area contributed by atoms with Crippen LogP contribution in [0.3, 0.4) is 0 Å². The van der Waals surface area contributed by atoms with E-state index in [2.05, 4.69) is 5.10 Å². The molecule has 2 aromatic rings. The lowest BCUT2D eigenvalue weighted by Crippen LogP contribution is -2.08. The van der Waals surface area contributed by atoms with Crippen molar-refractivity contribution in [1.82, 2.24) is 9.78 Å². The van der Waals surface area contributed by atoms with E-state index in [9.17, 15) is 9.18 Å². The molecule has 0 aliphatic rings. The summed E-state index contributed by atoms with van der Waals surface area (Å²) in [6.07, 6.45) is 1.65. The Balaban J connectivity index is 2.24. The van der Waals surface area contributed by atoms with Crippen LogP contribution in [-0.2, 0) is 13.5 Å². The lowest BCUT2D eigenvalue weighted by atomic mass is 10.0. The Labute approximate surface area is 104 Å². The minimum atomic E-state index is -0.301. The second kappa shape index (κ2) is 4.60. The number of carbonyl (C=O) groups excluding carboxylic acids is 1. The Morgan fingerprint density at radius 3 is 2.78 bits per heavy atom. The standard InChI is InChI=1S/C13H14FN3O/c1-8-5-10(14)4-3-9(8)6-12(18)11-7-16-17(2)13(11)15/h3-5,7H,6,15H2,1-2H3. The first-order valence-corrected chi connectivity index (χ1v) is 5.54. The van der Waals surface area contributed by atoms with Crippen molar-refractivity contribution in [3.05, 3.63) is 46.9 Å². The molecule has 1 aromatic carbocycles. The fourth-order valence-electron chi connectivity index (χ4n) is 1.79. The predicted octanol–water partition coefficient (Wildman–Crippen LogP) is 1.88. The van der Waals surface area contributed by atoms with Crippen LogP contribution in [0.1, 0.15) is 21.5 Å². The van der Waals surface area contributed by atoms with Gasteiger partial charge in [-0.3, -0.25) is 9.48 Å². The summed E-state index contributed by atoms with van der Waals surface area (Å²) in [6.45, 7) is 1.78. The van der Waals surface area contributed by atoms with Gasteiger partial charge in [0.2, 0.25) is 0 Å². The molecule has 18 heavy (non-hydrogen) atoms. The Morgan fingerprint density at radius 2 is 2.22 bits per heavy atom. The summed E-state index contributed by atoms with van der Waals surface area (Å²) in [5, 5.41) is 3.93. The quantitative estimate of drug-likeness (QED) is 0.842. The van der Waals surface area contributed by atoms with Gasteiger partial charge in [-0.15, -0.1) is 0 Å². The molecular weight excluding hydrogens is 233 g/mol. The molecule has 5 heteroatoms. The number of hydrogen-bond donors (Lipinski definition) is 1. The van der Waals surface area contributed by atoms with Crippen molar-refractivity contribution >= 4 is 11.6 Å². The molecule has 0 amide bonds. The Bertz CT molecular complexity index is 604. The lowest BCUT2D eigenvalue weighted by molar-refractivity contribution is 0.0993. The minimum absolute atomic E-state index is 0.115. The smallest absolute Gasteiger partial charge is 0.172 e. The topological polar surface area (TPSA) is 60.9 Å². The third-order valence-electron chi connectivity index (χ3n) is 2.94. The molecule has 1 heterocycles. The van der Waals surface area contributed by atoms with Crippen LogP contribution in [0.5, 0.6) is 0 Å². The van der Waals surface area contributed by atoms with Crippen molar-refractivity contribution in [2.75, 3.05) is 5.73 Å². The van der Waals surface area contributed by atoms with Crippen molar-refractivity contribution in [1.29, 1.82) is 0 Å². The Hall–Kier alpha value is -2.17. The maximum atomic E-state index is 13.0. The number of nitrogen functional groups attached to an aromatic ring is 1. The number of benzene rings is 1. The van der Waals surface area contributed by atoms with E-state index in [4.69, 9.17) is 5.73 Å².